The Hall–Kier alpha value is -0.120. The maximum Gasteiger partial charge on any atom is 0.0610 e. The lowest BCUT2D eigenvalue weighted by Crippen LogP contribution is -2.46. The summed E-state index contributed by atoms with van der Waals surface area (Å²) in [6, 6.07) is 0. The van der Waals surface area contributed by atoms with E-state index in [-0.39, 0.29) is 12.1 Å². The molecule has 0 spiro atoms. The van der Waals surface area contributed by atoms with Crippen LogP contribution in [-0.2, 0) is 0 Å². The van der Waals surface area contributed by atoms with Crippen LogP contribution in [0.3, 0.4) is 0 Å². The maximum atomic E-state index is 9.54. The number of aliphatic hydroxyl groups is 1. The number of rotatable bonds is 10. The molecule has 1 saturated heterocycles. The highest BCUT2D eigenvalue weighted by Crippen LogP contribution is 2.21. The lowest BCUT2D eigenvalue weighted by molar-refractivity contribution is 0.158. The number of aliphatic hydroxyl groups excluding tert-OH is 1. The summed E-state index contributed by atoms with van der Waals surface area (Å²) in [6.07, 6.45) is 7.48. The van der Waals surface area contributed by atoms with E-state index < -0.39 is 0 Å². The molecule has 1 rings (SSSR count). The van der Waals surface area contributed by atoms with Crippen LogP contribution in [0.25, 0.3) is 0 Å². The molecule has 1 fully saturated rings. The second kappa shape index (κ2) is 8.93. The summed E-state index contributed by atoms with van der Waals surface area (Å²) < 4.78 is 0. The van der Waals surface area contributed by atoms with Crippen molar-refractivity contribution < 1.29 is 5.11 Å². The fourth-order valence-corrected chi connectivity index (χ4v) is 3.10. The minimum absolute atomic E-state index is 0.0848. The average molecular weight is 270 g/mol. The van der Waals surface area contributed by atoms with Crippen LogP contribution in [0.4, 0.5) is 0 Å². The molecule has 0 aliphatic carbocycles. The van der Waals surface area contributed by atoms with Gasteiger partial charge in [0, 0.05) is 12.1 Å². The number of hydrogen-bond acceptors (Lipinski definition) is 3. The third-order valence-corrected chi connectivity index (χ3v) is 4.42. The molecule has 0 radical (unpaired) electrons. The van der Waals surface area contributed by atoms with E-state index in [1.54, 1.807) is 0 Å². The molecule has 0 saturated carbocycles. The smallest absolute Gasteiger partial charge is 0.0610 e. The summed E-state index contributed by atoms with van der Waals surface area (Å²) in [7, 11) is 0. The Bertz CT molecular complexity index is 235. The topological polar surface area (TPSA) is 35.5 Å². The van der Waals surface area contributed by atoms with Crippen molar-refractivity contribution in [1.82, 2.24) is 10.2 Å². The molecule has 0 aromatic rings. The minimum Gasteiger partial charge on any atom is -0.394 e. The summed E-state index contributed by atoms with van der Waals surface area (Å²) in [4.78, 5) is 2.61. The summed E-state index contributed by atoms with van der Waals surface area (Å²) >= 11 is 0. The highest BCUT2D eigenvalue weighted by Gasteiger charge is 2.24. The maximum absolute atomic E-state index is 9.54. The molecule has 2 N–H and O–H groups in total. The van der Waals surface area contributed by atoms with E-state index >= 15 is 0 Å². The predicted molar refractivity (Wildman–Crippen MR) is 82.5 cm³/mol. The highest BCUT2D eigenvalue weighted by atomic mass is 16.3. The predicted octanol–water partition coefficient (Wildman–Crippen LogP) is 2.64. The number of nitrogens with one attached hydrogen (secondary N) is 1. The molecule has 0 amide bonds. The lowest BCUT2D eigenvalue weighted by atomic mass is 9.96. The Morgan fingerprint density at radius 2 is 2.11 bits per heavy atom. The van der Waals surface area contributed by atoms with E-state index in [2.05, 4.69) is 31.0 Å². The normalized spacial score (nSPS) is 23.7. The van der Waals surface area contributed by atoms with E-state index in [1.807, 2.05) is 0 Å². The van der Waals surface area contributed by atoms with Crippen molar-refractivity contribution in [2.24, 2.45) is 5.92 Å². The first-order valence-electron chi connectivity index (χ1n) is 8.21. The van der Waals surface area contributed by atoms with Crippen molar-refractivity contribution in [3.63, 3.8) is 0 Å². The van der Waals surface area contributed by atoms with Gasteiger partial charge in [-0.25, -0.2) is 0 Å². The number of likely N-dealkylation sites (tertiary alicyclic amines) is 1. The quantitative estimate of drug-likeness (QED) is 0.640. The molecule has 0 aromatic heterocycles. The van der Waals surface area contributed by atoms with Gasteiger partial charge in [-0.1, -0.05) is 20.3 Å². The Balaban J connectivity index is 2.18. The van der Waals surface area contributed by atoms with Gasteiger partial charge in [0.1, 0.15) is 0 Å². The summed E-state index contributed by atoms with van der Waals surface area (Å²) in [5, 5.41) is 13.0. The van der Waals surface area contributed by atoms with Crippen LogP contribution < -0.4 is 5.32 Å². The van der Waals surface area contributed by atoms with E-state index in [9.17, 15) is 5.11 Å². The van der Waals surface area contributed by atoms with Crippen LogP contribution in [0.5, 0.6) is 0 Å². The van der Waals surface area contributed by atoms with E-state index in [0.717, 1.165) is 25.3 Å². The summed E-state index contributed by atoms with van der Waals surface area (Å²) in [5.74, 6) is 0.937. The molecule has 0 bridgehead atoms. The van der Waals surface area contributed by atoms with Crippen LogP contribution in [0.2, 0.25) is 0 Å². The Labute approximate surface area is 119 Å². The standard InChI is InChI=1S/C16H34N2O/c1-4-7-15-8-12-18(13-15)11-6-9-16(3,14-19)17-10-5-2/h15,17,19H,4-14H2,1-3H3. The van der Waals surface area contributed by atoms with Crippen LogP contribution in [0.1, 0.15) is 59.3 Å². The van der Waals surface area contributed by atoms with Crippen molar-refractivity contribution in [3.8, 4) is 0 Å². The SMILES string of the molecule is CCCNC(C)(CO)CCCN1CCC(CCC)C1. The van der Waals surface area contributed by atoms with Gasteiger partial charge in [-0.05, 0) is 64.6 Å². The molecule has 2 unspecified atom stereocenters. The Morgan fingerprint density at radius 3 is 2.74 bits per heavy atom. The number of hydrogen-bond donors (Lipinski definition) is 2. The fourth-order valence-electron chi connectivity index (χ4n) is 3.10. The third kappa shape index (κ3) is 6.24. The zero-order chi connectivity index (χ0) is 14.1. The van der Waals surface area contributed by atoms with Gasteiger partial charge in [-0.2, -0.15) is 0 Å². The molecular formula is C16H34N2O. The molecule has 19 heavy (non-hydrogen) atoms. The van der Waals surface area contributed by atoms with Crippen LogP contribution in [0.15, 0.2) is 0 Å². The number of nitrogens with zero attached hydrogens (tertiary/aromatic N) is 1. The summed E-state index contributed by atoms with van der Waals surface area (Å²) in [6.45, 7) is 11.6. The Kier molecular flexibility index (Phi) is 7.96. The average Bonchev–Trinajstić information content (AvgIpc) is 2.85. The van der Waals surface area contributed by atoms with Gasteiger partial charge in [0.05, 0.1) is 6.61 Å². The van der Waals surface area contributed by atoms with E-state index in [1.165, 1.54) is 45.3 Å². The van der Waals surface area contributed by atoms with Gasteiger partial charge in [0.15, 0.2) is 0 Å². The fraction of sp³-hybridized carbons (Fsp3) is 1.00. The van der Waals surface area contributed by atoms with Crippen LogP contribution in [-0.4, -0.2) is 48.3 Å². The zero-order valence-electron chi connectivity index (χ0n) is 13.2. The molecule has 1 heterocycles. The molecule has 1 aliphatic heterocycles. The first-order chi connectivity index (χ1) is 9.13. The molecule has 3 heteroatoms. The second-order valence-corrected chi connectivity index (χ2v) is 6.49. The molecule has 114 valence electrons. The monoisotopic (exact) mass is 270 g/mol. The minimum atomic E-state index is -0.0848. The van der Waals surface area contributed by atoms with Gasteiger partial charge in [0.25, 0.3) is 0 Å². The van der Waals surface area contributed by atoms with Gasteiger partial charge < -0.3 is 15.3 Å². The summed E-state index contributed by atoms with van der Waals surface area (Å²) in [5.41, 5.74) is -0.0848. The van der Waals surface area contributed by atoms with Gasteiger partial charge in [-0.15, -0.1) is 0 Å². The zero-order valence-corrected chi connectivity index (χ0v) is 13.2. The van der Waals surface area contributed by atoms with Crippen molar-refractivity contribution in [3.05, 3.63) is 0 Å². The third-order valence-electron chi connectivity index (χ3n) is 4.42. The Morgan fingerprint density at radius 1 is 1.32 bits per heavy atom. The van der Waals surface area contributed by atoms with Crippen molar-refractivity contribution in [1.29, 1.82) is 0 Å². The van der Waals surface area contributed by atoms with Gasteiger partial charge >= 0.3 is 0 Å². The van der Waals surface area contributed by atoms with Crippen LogP contribution >= 0.6 is 0 Å². The van der Waals surface area contributed by atoms with E-state index in [0.29, 0.717) is 0 Å². The second-order valence-electron chi connectivity index (χ2n) is 6.49. The lowest BCUT2D eigenvalue weighted by Gasteiger charge is -2.29. The van der Waals surface area contributed by atoms with Crippen molar-refractivity contribution in [2.45, 2.75) is 64.8 Å². The van der Waals surface area contributed by atoms with Crippen molar-refractivity contribution in [2.75, 3.05) is 32.8 Å². The molecule has 1 aliphatic rings. The molecule has 3 nitrogen and oxygen atoms in total. The van der Waals surface area contributed by atoms with Gasteiger partial charge in [0.2, 0.25) is 0 Å². The highest BCUT2D eigenvalue weighted by molar-refractivity contribution is 4.83. The first kappa shape index (κ1) is 16.9. The van der Waals surface area contributed by atoms with Gasteiger partial charge in [-0.3, -0.25) is 0 Å². The largest absolute Gasteiger partial charge is 0.394 e. The van der Waals surface area contributed by atoms with E-state index in [4.69, 9.17) is 0 Å². The molecule has 0 aromatic carbocycles. The van der Waals surface area contributed by atoms with Crippen molar-refractivity contribution >= 4 is 0 Å². The molecule has 2 atom stereocenters. The molecular weight excluding hydrogens is 236 g/mol. The van der Waals surface area contributed by atoms with Crippen LogP contribution in [0, 0.1) is 5.92 Å². The first-order valence-corrected chi connectivity index (χ1v) is 8.21.